The van der Waals surface area contributed by atoms with Crippen molar-refractivity contribution in [1.82, 2.24) is 9.88 Å². The number of rotatable bonds is 3. The Kier molecular flexibility index (Phi) is 3.93. The summed E-state index contributed by atoms with van der Waals surface area (Å²) in [6, 6.07) is 8.86. The van der Waals surface area contributed by atoms with Crippen LogP contribution in [0.1, 0.15) is 40.3 Å². The van der Waals surface area contributed by atoms with Gasteiger partial charge >= 0.3 is 0 Å². The van der Waals surface area contributed by atoms with Crippen LogP contribution in [0.4, 0.5) is 0 Å². The third kappa shape index (κ3) is 2.47. The van der Waals surface area contributed by atoms with Gasteiger partial charge in [0.05, 0.1) is 9.88 Å². The van der Waals surface area contributed by atoms with Crippen LogP contribution in [0.5, 0.6) is 0 Å². The molecule has 1 saturated heterocycles. The summed E-state index contributed by atoms with van der Waals surface area (Å²) in [7, 11) is 0. The number of benzene rings is 1. The number of carbonyl (C=O) groups excluding carboxylic acids is 1. The van der Waals surface area contributed by atoms with Gasteiger partial charge in [0.25, 0.3) is 5.91 Å². The summed E-state index contributed by atoms with van der Waals surface area (Å²) in [6.07, 6.45) is 3.42. The number of carbonyl (C=O) groups is 1. The molecular weight excluding hydrogens is 318 g/mol. The lowest BCUT2D eigenvalue weighted by Gasteiger charge is -2.34. The Bertz CT molecular complexity index is 767. The van der Waals surface area contributed by atoms with Gasteiger partial charge in [0.2, 0.25) is 0 Å². The molecule has 2 fully saturated rings. The molecule has 2 bridgehead atoms. The summed E-state index contributed by atoms with van der Waals surface area (Å²) in [6.45, 7) is 4.59. The minimum atomic E-state index is 0.0672. The fraction of sp³-hybridized carbons (Fsp3) is 0.474. The molecule has 0 radical (unpaired) electrons. The van der Waals surface area contributed by atoms with Crippen molar-refractivity contribution in [3.8, 4) is 10.4 Å². The van der Waals surface area contributed by atoms with Gasteiger partial charge in [0.1, 0.15) is 5.69 Å². The molecule has 2 aliphatic rings. The molecule has 1 aromatic carbocycles. The van der Waals surface area contributed by atoms with E-state index < -0.39 is 0 Å². The smallest absolute Gasteiger partial charge is 0.274 e. The summed E-state index contributed by atoms with van der Waals surface area (Å²) in [4.78, 5) is 20.9. The molecule has 0 unspecified atom stereocenters. The molecule has 4 rings (SSSR count). The topological polar surface area (TPSA) is 59.2 Å². The molecule has 2 aromatic rings. The van der Waals surface area contributed by atoms with Gasteiger partial charge in [-0.25, -0.2) is 4.98 Å². The second-order valence-corrected chi connectivity index (χ2v) is 8.22. The molecule has 1 amide bonds. The van der Waals surface area contributed by atoms with E-state index >= 15 is 0 Å². The number of hydrogen-bond acceptors (Lipinski definition) is 4. The number of hydrogen-bond donors (Lipinski definition) is 1. The first-order valence-corrected chi connectivity index (χ1v) is 9.47. The zero-order valence-electron chi connectivity index (χ0n) is 14.2. The van der Waals surface area contributed by atoms with Gasteiger partial charge in [0, 0.05) is 18.6 Å². The number of likely N-dealkylation sites (tertiary alicyclic amines) is 1. The third-order valence-electron chi connectivity index (χ3n) is 5.47. The lowest BCUT2D eigenvalue weighted by atomic mass is 9.98. The number of aryl methyl sites for hydroxylation is 2. The molecule has 1 aliphatic carbocycles. The van der Waals surface area contributed by atoms with E-state index in [0.717, 1.165) is 28.3 Å². The minimum Gasteiger partial charge on any atom is -0.330 e. The predicted octanol–water partition coefficient (Wildman–Crippen LogP) is 3.38. The Morgan fingerprint density at radius 3 is 2.75 bits per heavy atom. The summed E-state index contributed by atoms with van der Waals surface area (Å²) in [5, 5.41) is 0.933. The van der Waals surface area contributed by atoms with E-state index in [4.69, 9.17) is 5.73 Å². The Labute approximate surface area is 146 Å². The van der Waals surface area contributed by atoms with Crippen LogP contribution in [0.25, 0.3) is 10.4 Å². The number of thiazole rings is 1. The predicted molar refractivity (Wildman–Crippen MR) is 97.2 cm³/mol. The Balaban J connectivity index is 1.72. The molecule has 126 valence electrons. The molecule has 0 spiro atoms. The van der Waals surface area contributed by atoms with Crippen LogP contribution in [-0.4, -0.2) is 34.4 Å². The highest BCUT2D eigenvalue weighted by molar-refractivity contribution is 7.15. The van der Waals surface area contributed by atoms with Gasteiger partial charge < -0.3 is 10.6 Å². The maximum Gasteiger partial charge on any atom is 0.274 e. The van der Waals surface area contributed by atoms with Crippen LogP contribution in [0.15, 0.2) is 24.3 Å². The first kappa shape index (κ1) is 15.8. The fourth-order valence-electron chi connectivity index (χ4n) is 4.31. The molecular formula is C19H23N3OS. The number of nitrogens with zero attached hydrogens (tertiary/aromatic N) is 2. The van der Waals surface area contributed by atoms with Gasteiger partial charge in [-0.05, 0) is 44.6 Å². The van der Waals surface area contributed by atoms with Crippen molar-refractivity contribution in [1.29, 1.82) is 0 Å². The molecule has 2 N–H and O–H groups in total. The number of piperidine rings is 1. The molecule has 1 aliphatic heterocycles. The number of nitrogens with two attached hydrogens (primary N) is 1. The van der Waals surface area contributed by atoms with Gasteiger partial charge in [-0.2, -0.15) is 0 Å². The highest BCUT2D eigenvalue weighted by Gasteiger charge is 2.48. The van der Waals surface area contributed by atoms with Crippen LogP contribution < -0.4 is 5.73 Å². The lowest BCUT2D eigenvalue weighted by molar-refractivity contribution is 0.0597. The van der Waals surface area contributed by atoms with E-state index in [2.05, 4.69) is 36.2 Å². The molecule has 4 nitrogen and oxygen atoms in total. The third-order valence-corrected chi connectivity index (χ3v) is 6.49. The van der Waals surface area contributed by atoms with E-state index in [0.29, 0.717) is 24.2 Å². The molecule has 1 saturated carbocycles. The number of fused-ring (bicyclic) bond motifs is 2. The average molecular weight is 341 g/mol. The van der Waals surface area contributed by atoms with E-state index in [9.17, 15) is 4.79 Å². The van der Waals surface area contributed by atoms with Gasteiger partial charge in [-0.3, -0.25) is 4.79 Å². The second-order valence-electron chi connectivity index (χ2n) is 7.02. The van der Waals surface area contributed by atoms with Gasteiger partial charge in [0.15, 0.2) is 0 Å². The summed E-state index contributed by atoms with van der Waals surface area (Å²) < 4.78 is 0. The second kappa shape index (κ2) is 5.97. The van der Waals surface area contributed by atoms with Crippen molar-refractivity contribution in [2.75, 3.05) is 6.54 Å². The van der Waals surface area contributed by atoms with E-state index in [1.807, 2.05) is 11.8 Å². The monoisotopic (exact) mass is 341 g/mol. The van der Waals surface area contributed by atoms with Crippen molar-refractivity contribution in [2.45, 2.75) is 45.2 Å². The lowest BCUT2D eigenvalue weighted by Crippen LogP contribution is -2.48. The van der Waals surface area contributed by atoms with Gasteiger partial charge in [-0.1, -0.05) is 29.8 Å². The number of amides is 1. The highest BCUT2D eigenvalue weighted by atomic mass is 32.1. The first-order chi connectivity index (χ1) is 11.6. The van der Waals surface area contributed by atoms with Crippen LogP contribution >= 0.6 is 11.3 Å². The van der Waals surface area contributed by atoms with Crippen molar-refractivity contribution in [3.63, 3.8) is 0 Å². The zero-order valence-corrected chi connectivity index (χ0v) is 15.0. The summed E-state index contributed by atoms with van der Waals surface area (Å²) >= 11 is 1.60. The first-order valence-electron chi connectivity index (χ1n) is 8.65. The maximum atomic E-state index is 13.3. The molecule has 1 aromatic heterocycles. The van der Waals surface area contributed by atoms with Crippen molar-refractivity contribution in [2.24, 2.45) is 11.7 Å². The number of aromatic nitrogens is 1. The quantitative estimate of drug-likeness (QED) is 0.931. The molecule has 24 heavy (non-hydrogen) atoms. The minimum absolute atomic E-state index is 0.0672. The largest absolute Gasteiger partial charge is 0.330 e. The van der Waals surface area contributed by atoms with Crippen LogP contribution in [0.3, 0.4) is 0 Å². The van der Waals surface area contributed by atoms with E-state index in [-0.39, 0.29) is 11.9 Å². The van der Waals surface area contributed by atoms with E-state index in [1.54, 1.807) is 11.3 Å². The highest BCUT2D eigenvalue weighted by Crippen LogP contribution is 2.43. The summed E-state index contributed by atoms with van der Waals surface area (Å²) in [5.41, 5.74) is 8.88. The molecule has 5 heteroatoms. The van der Waals surface area contributed by atoms with Gasteiger partial charge in [-0.15, -0.1) is 11.3 Å². The zero-order chi connectivity index (χ0) is 16.8. The molecule has 2 heterocycles. The van der Waals surface area contributed by atoms with Crippen molar-refractivity contribution >= 4 is 17.2 Å². The Morgan fingerprint density at radius 2 is 2.04 bits per heavy atom. The SMILES string of the molecule is Cc1ccc(-c2sc(C)nc2C(=O)N2[C@@H]3CC[C@@H](C3)[C@H]2CN)cc1. The average Bonchev–Trinajstić information content (AvgIpc) is 3.28. The van der Waals surface area contributed by atoms with E-state index in [1.165, 1.54) is 12.0 Å². The molecule has 3 atom stereocenters. The normalized spacial score (nSPS) is 25.5. The van der Waals surface area contributed by atoms with Crippen molar-refractivity contribution < 1.29 is 4.79 Å². The fourth-order valence-corrected chi connectivity index (χ4v) is 5.22. The van der Waals surface area contributed by atoms with Crippen LogP contribution in [0, 0.1) is 19.8 Å². The Hall–Kier alpha value is -1.72. The van der Waals surface area contributed by atoms with Crippen molar-refractivity contribution in [3.05, 3.63) is 40.5 Å². The standard InChI is InChI=1S/C19H23N3OS/c1-11-3-5-13(6-4-11)18-17(21-12(2)24-18)19(23)22-15-8-7-14(9-15)16(22)10-20/h3-6,14-16H,7-10,20H2,1-2H3/t14-,15+,16+/m0/s1. The van der Waals surface area contributed by atoms with Crippen LogP contribution in [0.2, 0.25) is 0 Å². The summed E-state index contributed by atoms with van der Waals surface area (Å²) in [5.74, 6) is 0.643. The maximum absolute atomic E-state index is 13.3. The van der Waals surface area contributed by atoms with Crippen LogP contribution in [-0.2, 0) is 0 Å². The Morgan fingerprint density at radius 1 is 1.29 bits per heavy atom.